The van der Waals surface area contributed by atoms with Crippen molar-refractivity contribution in [1.29, 1.82) is 5.26 Å². The lowest BCUT2D eigenvalue weighted by Crippen LogP contribution is -2.12. The van der Waals surface area contributed by atoms with E-state index in [1.54, 1.807) is 12.1 Å². The topological polar surface area (TPSA) is 62.9 Å². The van der Waals surface area contributed by atoms with Crippen molar-refractivity contribution in [3.8, 4) is 6.07 Å². The molecule has 0 aliphatic rings. The molecule has 0 radical (unpaired) electrons. The Hall–Kier alpha value is -2.06. The van der Waals surface area contributed by atoms with Crippen LogP contribution in [0.4, 0.5) is 0 Å². The largest absolute Gasteiger partial charge is 0.353 e. The third-order valence-corrected chi connectivity index (χ3v) is 4.30. The van der Waals surface area contributed by atoms with E-state index in [1.807, 2.05) is 35.2 Å². The molecule has 1 heterocycles. The predicted molar refractivity (Wildman–Crippen MR) is 67.6 cm³/mol. The van der Waals surface area contributed by atoms with Crippen LogP contribution in [-0.2, 0) is 16.4 Å². The van der Waals surface area contributed by atoms with E-state index < -0.39 is 9.84 Å². The zero-order valence-electron chi connectivity index (χ0n) is 9.65. The Kier molecular flexibility index (Phi) is 3.49. The van der Waals surface area contributed by atoms with E-state index in [0.717, 1.165) is 0 Å². The molecule has 92 valence electrons. The van der Waals surface area contributed by atoms with Crippen molar-refractivity contribution in [2.75, 3.05) is 5.75 Å². The summed E-state index contributed by atoms with van der Waals surface area (Å²) in [6.07, 6.45) is 3.64. The minimum atomic E-state index is -3.34. The maximum absolute atomic E-state index is 12.1. The van der Waals surface area contributed by atoms with Gasteiger partial charge in [-0.25, -0.2) is 8.42 Å². The Bertz CT molecular complexity index is 667. The highest BCUT2D eigenvalue weighted by molar-refractivity contribution is 7.91. The number of nitriles is 1. The summed E-state index contributed by atoms with van der Waals surface area (Å²) in [5.41, 5.74) is 0.358. The van der Waals surface area contributed by atoms with Crippen molar-refractivity contribution in [3.63, 3.8) is 0 Å². The van der Waals surface area contributed by atoms with Crippen LogP contribution >= 0.6 is 0 Å². The van der Waals surface area contributed by atoms with Crippen molar-refractivity contribution < 1.29 is 8.42 Å². The van der Waals surface area contributed by atoms with Crippen LogP contribution < -0.4 is 0 Å². The molecule has 0 N–H and O–H groups in total. The second-order valence-corrected chi connectivity index (χ2v) is 5.99. The summed E-state index contributed by atoms with van der Waals surface area (Å²) in [4.78, 5) is 0.203. The van der Waals surface area contributed by atoms with E-state index >= 15 is 0 Å². The molecule has 0 bridgehead atoms. The highest BCUT2D eigenvalue weighted by atomic mass is 32.2. The van der Waals surface area contributed by atoms with Gasteiger partial charge >= 0.3 is 0 Å². The van der Waals surface area contributed by atoms with Crippen LogP contribution in [0.3, 0.4) is 0 Å². The van der Waals surface area contributed by atoms with Crippen LogP contribution in [-0.4, -0.2) is 18.7 Å². The first-order valence-corrected chi connectivity index (χ1v) is 7.11. The van der Waals surface area contributed by atoms with Crippen molar-refractivity contribution in [2.45, 2.75) is 11.4 Å². The molecule has 2 aromatic rings. The fraction of sp³-hybridized carbons (Fsp3) is 0.154. The number of rotatable bonds is 4. The summed E-state index contributed by atoms with van der Waals surface area (Å²) in [6.45, 7) is 0.409. The molecule has 5 heteroatoms. The Morgan fingerprint density at radius 3 is 2.56 bits per heavy atom. The molecule has 0 saturated carbocycles. The number of benzene rings is 1. The van der Waals surface area contributed by atoms with Gasteiger partial charge in [0.25, 0.3) is 0 Å². The maximum atomic E-state index is 12.1. The number of nitrogens with zero attached hydrogens (tertiary/aromatic N) is 2. The average molecular weight is 260 g/mol. The second-order valence-electron chi connectivity index (χ2n) is 3.88. The molecule has 0 aliphatic carbocycles. The Labute approximate surface area is 106 Å². The fourth-order valence-electron chi connectivity index (χ4n) is 1.62. The SMILES string of the molecule is N#Cc1cccc(S(=O)(=O)CCn2cccc2)c1. The molecule has 0 saturated heterocycles. The average Bonchev–Trinajstić information content (AvgIpc) is 2.90. The van der Waals surface area contributed by atoms with Gasteiger partial charge < -0.3 is 4.57 Å². The van der Waals surface area contributed by atoms with E-state index in [-0.39, 0.29) is 10.6 Å². The first kappa shape index (κ1) is 12.4. The number of hydrogen-bond donors (Lipinski definition) is 0. The number of aryl methyl sites for hydroxylation is 1. The highest BCUT2D eigenvalue weighted by Crippen LogP contribution is 2.13. The molecule has 0 atom stereocenters. The fourth-order valence-corrected chi connectivity index (χ4v) is 2.90. The van der Waals surface area contributed by atoms with E-state index in [2.05, 4.69) is 0 Å². The van der Waals surface area contributed by atoms with Crippen LogP contribution in [0.25, 0.3) is 0 Å². The second kappa shape index (κ2) is 5.07. The Morgan fingerprint density at radius 2 is 1.89 bits per heavy atom. The smallest absolute Gasteiger partial charge is 0.180 e. The summed E-state index contributed by atoms with van der Waals surface area (Å²) < 4.78 is 26.0. The molecule has 0 unspecified atom stereocenters. The van der Waals surface area contributed by atoms with Crippen LogP contribution in [0.5, 0.6) is 0 Å². The highest BCUT2D eigenvalue weighted by Gasteiger charge is 2.14. The van der Waals surface area contributed by atoms with Crippen LogP contribution in [0, 0.1) is 11.3 Å². The molecule has 0 fully saturated rings. The zero-order valence-corrected chi connectivity index (χ0v) is 10.5. The van der Waals surface area contributed by atoms with Crippen molar-refractivity contribution in [1.82, 2.24) is 4.57 Å². The first-order valence-electron chi connectivity index (χ1n) is 5.45. The molecule has 0 amide bonds. The van der Waals surface area contributed by atoms with Gasteiger partial charge in [-0.15, -0.1) is 0 Å². The summed E-state index contributed by atoms with van der Waals surface area (Å²) in [6, 6.07) is 11.7. The minimum Gasteiger partial charge on any atom is -0.353 e. The normalized spacial score (nSPS) is 11.1. The lowest BCUT2D eigenvalue weighted by atomic mass is 10.2. The van der Waals surface area contributed by atoms with E-state index in [4.69, 9.17) is 5.26 Å². The zero-order chi connectivity index (χ0) is 13.0. The van der Waals surface area contributed by atoms with Crippen LogP contribution in [0.15, 0.2) is 53.7 Å². The summed E-state index contributed by atoms with van der Waals surface area (Å²) in [7, 11) is -3.34. The van der Waals surface area contributed by atoms with E-state index in [9.17, 15) is 8.42 Å². The van der Waals surface area contributed by atoms with E-state index in [0.29, 0.717) is 12.1 Å². The van der Waals surface area contributed by atoms with E-state index in [1.165, 1.54) is 12.1 Å². The third kappa shape index (κ3) is 2.79. The third-order valence-electron chi connectivity index (χ3n) is 2.61. The van der Waals surface area contributed by atoms with Gasteiger partial charge in [0.2, 0.25) is 0 Å². The molecule has 1 aromatic heterocycles. The molecule has 0 spiro atoms. The lowest BCUT2D eigenvalue weighted by Gasteiger charge is -2.05. The molecule has 2 rings (SSSR count). The van der Waals surface area contributed by atoms with Gasteiger partial charge in [0, 0.05) is 18.9 Å². The van der Waals surface area contributed by atoms with Crippen molar-refractivity contribution in [3.05, 3.63) is 54.4 Å². The molecular weight excluding hydrogens is 248 g/mol. The minimum absolute atomic E-state index is 0.0244. The standard InChI is InChI=1S/C13H12N2O2S/c14-11-12-4-3-5-13(10-12)18(16,17)9-8-15-6-1-2-7-15/h1-7,10H,8-9H2. The van der Waals surface area contributed by atoms with Gasteiger partial charge in [-0.05, 0) is 30.3 Å². The van der Waals surface area contributed by atoms with Gasteiger partial charge in [0.15, 0.2) is 9.84 Å². The molecule has 1 aromatic carbocycles. The van der Waals surface area contributed by atoms with Crippen LogP contribution in [0.1, 0.15) is 5.56 Å². The Balaban J connectivity index is 2.18. The summed E-state index contributed by atoms with van der Waals surface area (Å²) >= 11 is 0. The van der Waals surface area contributed by atoms with Gasteiger partial charge in [0.1, 0.15) is 0 Å². The molecule has 4 nitrogen and oxygen atoms in total. The summed E-state index contributed by atoms with van der Waals surface area (Å²) in [5, 5.41) is 8.76. The number of aromatic nitrogens is 1. The predicted octanol–water partition coefficient (Wildman–Crippen LogP) is 1.83. The molecular formula is C13H12N2O2S. The monoisotopic (exact) mass is 260 g/mol. The number of hydrogen-bond acceptors (Lipinski definition) is 3. The van der Waals surface area contributed by atoms with Crippen molar-refractivity contribution >= 4 is 9.84 Å². The van der Waals surface area contributed by atoms with Gasteiger partial charge in [-0.2, -0.15) is 5.26 Å². The maximum Gasteiger partial charge on any atom is 0.180 e. The number of sulfone groups is 1. The summed E-state index contributed by atoms with van der Waals surface area (Å²) in [5.74, 6) is 0.0244. The molecule has 0 aliphatic heterocycles. The van der Waals surface area contributed by atoms with Gasteiger partial charge in [-0.1, -0.05) is 6.07 Å². The first-order chi connectivity index (χ1) is 8.62. The lowest BCUT2D eigenvalue weighted by molar-refractivity contribution is 0.589. The molecule has 18 heavy (non-hydrogen) atoms. The van der Waals surface area contributed by atoms with Crippen LogP contribution in [0.2, 0.25) is 0 Å². The quantitative estimate of drug-likeness (QED) is 0.842. The Morgan fingerprint density at radius 1 is 1.17 bits per heavy atom. The van der Waals surface area contributed by atoms with Gasteiger partial charge in [0.05, 0.1) is 22.3 Å². The van der Waals surface area contributed by atoms with Crippen molar-refractivity contribution in [2.24, 2.45) is 0 Å². The van der Waals surface area contributed by atoms with Gasteiger partial charge in [-0.3, -0.25) is 0 Å².